The van der Waals surface area contributed by atoms with E-state index in [2.05, 4.69) is 33.8 Å². The molecule has 2 N–H and O–H groups in total. The molecule has 1 aliphatic heterocycles. The molecule has 0 aromatic heterocycles. The lowest BCUT2D eigenvalue weighted by Gasteiger charge is -2.47. The molecule has 0 spiro atoms. The van der Waals surface area contributed by atoms with Crippen LogP contribution >= 0.6 is 0 Å². The number of aliphatic hydroxyl groups is 1. The molecule has 0 fully saturated rings. The highest BCUT2D eigenvalue weighted by Crippen LogP contribution is 2.52. The normalized spacial score (nSPS) is 31.5. The number of allylic oxidation sites excluding steroid dienone is 4. The summed E-state index contributed by atoms with van der Waals surface area (Å²) in [6.45, 7) is 10.2. The summed E-state index contributed by atoms with van der Waals surface area (Å²) < 4.78 is 6.42. The number of hydrogen-bond acceptors (Lipinski definition) is 3. The largest absolute Gasteiger partial charge is 0.508 e. The van der Waals surface area contributed by atoms with E-state index < -0.39 is 11.4 Å². The molecule has 4 nitrogen and oxygen atoms in total. The molecule has 2 aliphatic carbocycles. The van der Waals surface area contributed by atoms with Gasteiger partial charge in [-0.15, -0.1) is 0 Å². The van der Waals surface area contributed by atoms with Crippen LogP contribution in [0.2, 0.25) is 0 Å². The molecular formula is C24H34O4. The maximum atomic E-state index is 12.2. The molecule has 3 aliphatic rings. The number of carboxylic acids is 1. The Kier molecular flexibility index (Phi) is 5.53. The summed E-state index contributed by atoms with van der Waals surface area (Å²) >= 11 is 0. The third kappa shape index (κ3) is 3.54. The zero-order chi connectivity index (χ0) is 20.7. The van der Waals surface area contributed by atoms with Gasteiger partial charge in [-0.3, -0.25) is 4.79 Å². The lowest BCUT2D eigenvalue weighted by atomic mass is 9.66. The van der Waals surface area contributed by atoms with Crippen LogP contribution in [-0.4, -0.2) is 21.8 Å². The molecule has 3 rings (SSSR count). The predicted octanol–water partition coefficient (Wildman–Crippen LogP) is 6.07. The minimum atomic E-state index is -1.22. The Hall–Kier alpha value is -1.97. The quantitative estimate of drug-likeness (QED) is 0.444. The molecule has 3 atom stereocenters. The number of unbranched alkanes of at least 4 members (excludes halogenated alkanes) is 2. The van der Waals surface area contributed by atoms with Crippen LogP contribution < -0.4 is 0 Å². The maximum Gasteiger partial charge on any atom is 0.317 e. The summed E-state index contributed by atoms with van der Waals surface area (Å²) in [6, 6.07) is 0. The van der Waals surface area contributed by atoms with Crippen LogP contribution in [0.3, 0.4) is 0 Å². The van der Waals surface area contributed by atoms with Gasteiger partial charge in [0.05, 0.1) is 0 Å². The second-order valence-electron chi connectivity index (χ2n) is 9.35. The first-order valence-corrected chi connectivity index (χ1v) is 10.6. The van der Waals surface area contributed by atoms with Gasteiger partial charge < -0.3 is 14.9 Å². The SMILES string of the molecule is CCCCCC1=CC2=C(C(O)=CC1(C)C(=O)O)[C@@H]1CC(C)=CC[C@H]1C(C)(C)O2. The number of carbonyl (C=O) groups is 1. The van der Waals surface area contributed by atoms with E-state index in [1.807, 2.05) is 6.08 Å². The second kappa shape index (κ2) is 7.46. The van der Waals surface area contributed by atoms with Crippen LogP contribution in [0.4, 0.5) is 0 Å². The van der Waals surface area contributed by atoms with Crippen LogP contribution in [0, 0.1) is 17.3 Å². The molecule has 0 saturated carbocycles. The van der Waals surface area contributed by atoms with Crippen molar-refractivity contribution in [1.82, 2.24) is 0 Å². The van der Waals surface area contributed by atoms with Gasteiger partial charge in [0.2, 0.25) is 0 Å². The van der Waals surface area contributed by atoms with E-state index in [1.165, 1.54) is 5.57 Å². The minimum Gasteiger partial charge on any atom is -0.508 e. The molecular weight excluding hydrogens is 352 g/mol. The Balaban J connectivity index is 2.13. The predicted molar refractivity (Wildman–Crippen MR) is 111 cm³/mol. The number of rotatable bonds is 5. The monoisotopic (exact) mass is 386 g/mol. The lowest BCUT2D eigenvalue weighted by Crippen LogP contribution is -2.44. The van der Waals surface area contributed by atoms with Crippen molar-refractivity contribution in [3.63, 3.8) is 0 Å². The molecule has 154 valence electrons. The number of hydrogen-bond donors (Lipinski definition) is 2. The maximum absolute atomic E-state index is 12.2. The van der Waals surface area contributed by atoms with Gasteiger partial charge in [-0.05, 0) is 71.1 Å². The van der Waals surface area contributed by atoms with Crippen LogP contribution in [0.25, 0.3) is 0 Å². The Morgan fingerprint density at radius 1 is 1.29 bits per heavy atom. The van der Waals surface area contributed by atoms with Crippen LogP contribution in [0.1, 0.15) is 73.1 Å². The zero-order valence-corrected chi connectivity index (χ0v) is 17.8. The summed E-state index contributed by atoms with van der Waals surface area (Å²) in [4.78, 5) is 12.2. The summed E-state index contributed by atoms with van der Waals surface area (Å²) in [5.41, 5.74) is 1.32. The van der Waals surface area contributed by atoms with Crippen LogP contribution in [-0.2, 0) is 9.53 Å². The minimum absolute atomic E-state index is 0.0711. The summed E-state index contributed by atoms with van der Waals surface area (Å²) in [7, 11) is 0. The number of aliphatic carboxylic acids is 1. The molecule has 0 aromatic rings. The van der Waals surface area contributed by atoms with Gasteiger partial charge in [-0.2, -0.15) is 0 Å². The van der Waals surface area contributed by atoms with Crippen molar-refractivity contribution in [3.05, 3.63) is 46.5 Å². The fourth-order valence-corrected chi connectivity index (χ4v) is 5.01. The molecule has 4 heteroatoms. The number of fused-ring (bicyclic) bond motifs is 2. The zero-order valence-electron chi connectivity index (χ0n) is 17.8. The standard InChI is InChI=1S/C24H34O4/c1-6-7-8-9-16-13-20-21(19(25)14-24(16,5)22(26)27)17-12-15(2)10-11-18(17)23(3,4)28-20/h10,13-14,17-18,25H,6-9,11-12H2,1-5H3,(H,26,27)/t17-,18-,24?/m1/s1. The highest BCUT2D eigenvalue weighted by atomic mass is 16.5. The van der Waals surface area contributed by atoms with Crippen molar-refractivity contribution in [1.29, 1.82) is 0 Å². The number of ether oxygens (including phenoxy) is 1. The van der Waals surface area contributed by atoms with Crippen molar-refractivity contribution < 1.29 is 19.7 Å². The molecule has 0 amide bonds. The third-order valence-corrected chi connectivity index (χ3v) is 6.82. The van der Waals surface area contributed by atoms with E-state index in [4.69, 9.17) is 4.74 Å². The fraction of sp³-hybridized carbons (Fsp3) is 0.625. The molecule has 1 unspecified atom stereocenters. The van der Waals surface area contributed by atoms with Gasteiger partial charge in [0, 0.05) is 17.4 Å². The average molecular weight is 387 g/mol. The fourth-order valence-electron chi connectivity index (χ4n) is 5.01. The van der Waals surface area contributed by atoms with Gasteiger partial charge in [0.25, 0.3) is 0 Å². The van der Waals surface area contributed by atoms with E-state index >= 15 is 0 Å². The Labute approximate surface area is 168 Å². The first-order valence-electron chi connectivity index (χ1n) is 10.6. The van der Waals surface area contributed by atoms with Gasteiger partial charge in [-0.25, -0.2) is 0 Å². The lowest BCUT2D eigenvalue weighted by molar-refractivity contribution is -0.143. The molecule has 1 heterocycles. The van der Waals surface area contributed by atoms with Crippen molar-refractivity contribution >= 4 is 5.97 Å². The summed E-state index contributed by atoms with van der Waals surface area (Å²) in [6.07, 6.45) is 11.3. The topological polar surface area (TPSA) is 66.8 Å². The van der Waals surface area contributed by atoms with E-state index in [0.717, 1.165) is 43.3 Å². The molecule has 0 saturated heterocycles. The highest BCUT2D eigenvalue weighted by molar-refractivity contribution is 5.81. The van der Waals surface area contributed by atoms with Crippen molar-refractivity contribution in [3.8, 4) is 0 Å². The highest BCUT2D eigenvalue weighted by Gasteiger charge is 2.48. The first kappa shape index (κ1) is 20.8. The molecule has 0 bridgehead atoms. The Morgan fingerprint density at radius 2 is 2.00 bits per heavy atom. The smallest absolute Gasteiger partial charge is 0.317 e. The van der Waals surface area contributed by atoms with Gasteiger partial charge in [0.1, 0.15) is 22.5 Å². The van der Waals surface area contributed by atoms with Gasteiger partial charge in [-0.1, -0.05) is 31.4 Å². The van der Waals surface area contributed by atoms with E-state index in [1.54, 1.807) is 13.0 Å². The molecule has 0 aromatic carbocycles. The van der Waals surface area contributed by atoms with E-state index in [-0.39, 0.29) is 23.2 Å². The number of carboxylic acid groups (broad SMARTS) is 1. The van der Waals surface area contributed by atoms with Gasteiger partial charge >= 0.3 is 5.97 Å². The second-order valence-corrected chi connectivity index (χ2v) is 9.35. The summed E-state index contributed by atoms with van der Waals surface area (Å²) in [5.74, 6) is 0.200. The third-order valence-electron chi connectivity index (χ3n) is 6.82. The van der Waals surface area contributed by atoms with Gasteiger partial charge in [0.15, 0.2) is 0 Å². The molecule has 0 radical (unpaired) electrons. The average Bonchev–Trinajstić information content (AvgIpc) is 2.69. The number of aliphatic hydroxyl groups excluding tert-OH is 1. The summed E-state index contributed by atoms with van der Waals surface area (Å²) in [5, 5.41) is 21.1. The van der Waals surface area contributed by atoms with Crippen LogP contribution in [0.5, 0.6) is 0 Å². The van der Waals surface area contributed by atoms with Crippen molar-refractivity contribution in [2.45, 2.75) is 78.7 Å². The van der Waals surface area contributed by atoms with E-state index in [9.17, 15) is 15.0 Å². The Morgan fingerprint density at radius 3 is 2.64 bits per heavy atom. The van der Waals surface area contributed by atoms with E-state index in [0.29, 0.717) is 12.2 Å². The van der Waals surface area contributed by atoms with Crippen molar-refractivity contribution in [2.75, 3.05) is 0 Å². The van der Waals surface area contributed by atoms with Crippen molar-refractivity contribution in [2.24, 2.45) is 17.3 Å². The Bertz CT molecular complexity index is 780. The van der Waals surface area contributed by atoms with Crippen LogP contribution in [0.15, 0.2) is 46.5 Å². The molecule has 28 heavy (non-hydrogen) atoms. The first-order chi connectivity index (χ1) is 13.1.